The third kappa shape index (κ3) is 3.85. The maximum atomic E-state index is 13.0. The van der Waals surface area contributed by atoms with Gasteiger partial charge < -0.3 is 10.1 Å². The fourth-order valence-electron chi connectivity index (χ4n) is 1.83. The topological polar surface area (TPSA) is 42.0 Å². The standard InChI is InChI=1S/C15H12BrF3N2O/c1-9(8-22)13-5-3-11(7-20-13)21-14-4-2-10(16)6-12(14)15(17,18)19/h2-9,21H,1H3. The molecule has 2 aromatic rings. The first-order valence-corrected chi connectivity index (χ1v) is 7.15. The molecule has 0 fully saturated rings. The number of aromatic nitrogens is 1. The molecule has 3 nitrogen and oxygen atoms in total. The third-order valence-corrected chi connectivity index (χ3v) is 3.52. The first-order valence-electron chi connectivity index (χ1n) is 6.36. The van der Waals surface area contributed by atoms with Crippen molar-refractivity contribution in [3.63, 3.8) is 0 Å². The molecule has 1 atom stereocenters. The van der Waals surface area contributed by atoms with E-state index in [0.29, 0.717) is 15.9 Å². The van der Waals surface area contributed by atoms with Crippen LogP contribution in [0.4, 0.5) is 24.5 Å². The summed E-state index contributed by atoms with van der Waals surface area (Å²) in [7, 11) is 0. The van der Waals surface area contributed by atoms with Crippen molar-refractivity contribution >= 4 is 33.6 Å². The number of nitrogens with zero attached hydrogens (tertiary/aromatic N) is 1. The van der Waals surface area contributed by atoms with Crippen LogP contribution in [0.3, 0.4) is 0 Å². The number of benzene rings is 1. The van der Waals surface area contributed by atoms with E-state index < -0.39 is 11.7 Å². The maximum absolute atomic E-state index is 13.0. The number of nitrogens with one attached hydrogen (secondary N) is 1. The van der Waals surface area contributed by atoms with E-state index in [1.54, 1.807) is 19.1 Å². The Balaban J connectivity index is 2.29. The predicted molar refractivity (Wildman–Crippen MR) is 81.1 cm³/mol. The molecule has 7 heteroatoms. The molecule has 0 amide bonds. The van der Waals surface area contributed by atoms with E-state index in [0.717, 1.165) is 12.4 Å². The van der Waals surface area contributed by atoms with E-state index in [2.05, 4.69) is 26.2 Å². The van der Waals surface area contributed by atoms with Crippen molar-refractivity contribution in [2.75, 3.05) is 5.32 Å². The summed E-state index contributed by atoms with van der Waals surface area (Å²) in [6.07, 6.45) is -2.31. The van der Waals surface area contributed by atoms with Crippen molar-refractivity contribution in [1.29, 1.82) is 0 Å². The molecule has 0 spiro atoms. The summed E-state index contributed by atoms with van der Waals surface area (Å²) in [6, 6.07) is 7.07. The molecule has 1 aromatic heterocycles. The lowest BCUT2D eigenvalue weighted by Gasteiger charge is -2.15. The van der Waals surface area contributed by atoms with Crippen molar-refractivity contribution < 1.29 is 18.0 Å². The van der Waals surface area contributed by atoms with E-state index in [1.165, 1.54) is 18.3 Å². The molecule has 0 aliphatic heterocycles. The second-order valence-electron chi connectivity index (χ2n) is 4.71. The summed E-state index contributed by atoms with van der Waals surface area (Å²) < 4.78 is 39.4. The van der Waals surface area contributed by atoms with E-state index in [4.69, 9.17) is 0 Å². The highest BCUT2D eigenvalue weighted by atomic mass is 79.9. The van der Waals surface area contributed by atoms with Crippen molar-refractivity contribution in [2.45, 2.75) is 19.0 Å². The van der Waals surface area contributed by atoms with Crippen LogP contribution in [0.2, 0.25) is 0 Å². The Bertz CT molecular complexity index is 671. The van der Waals surface area contributed by atoms with Crippen LogP contribution < -0.4 is 5.32 Å². The second-order valence-corrected chi connectivity index (χ2v) is 5.62. The molecule has 0 aliphatic carbocycles. The highest BCUT2D eigenvalue weighted by Gasteiger charge is 2.33. The number of hydrogen-bond acceptors (Lipinski definition) is 3. The third-order valence-electron chi connectivity index (χ3n) is 3.02. The van der Waals surface area contributed by atoms with Crippen LogP contribution >= 0.6 is 15.9 Å². The van der Waals surface area contributed by atoms with Gasteiger partial charge in [0.05, 0.1) is 34.7 Å². The smallest absolute Gasteiger partial charge is 0.354 e. The monoisotopic (exact) mass is 372 g/mol. The molecule has 1 aromatic carbocycles. The largest absolute Gasteiger partial charge is 0.418 e. The molecule has 1 heterocycles. The number of carbonyl (C=O) groups excluding carboxylic acids is 1. The fraction of sp³-hybridized carbons (Fsp3) is 0.200. The number of pyridine rings is 1. The lowest BCUT2D eigenvalue weighted by molar-refractivity contribution is -0.137. The van der Waals surface area contributed by atoms with Crippen LogP contribution in [0.5, 0.6) is 0 Å². The Morgan fingerprint density at radius 1 is 1.27 bits per heavy atom. The average Bonchev–Trinajstić information content (AvgIpc) is 2.48. The molecule has 1 N–H and O–H groups in total. The SMILES string of the molecule is CC(C=O)c1ccc(Nc2ccc(Br)cc2C(F)(F)F)cn1. The number of rotatable bonds is 4. The summed E-state index contributed by atoms with van der Waals surface area (Å²) in [5.74, 6) is -0.354. The number of hydrogen-bond donors (Lipinski definition) is 1. The van der Waals surface area contributed by atoms with E-state index in [-0.39, 0.29) is 11.6 Å². The minimum atomic E-state index is -4.47. The average molecular weight is 373 g/mol. The summed E-state index contributed by atoms with van der Waals surface area (Å²) in [5.41, 5.74) is 0.142. The Kier molecular flexibility index (Phi) is 4.85. The molecular weight excluding hydrogens is 361 g/mol. The quantitative estimate of drug-likeness (QED) is 0.775. The summed E-state index contributed by atoms with van der Waals surface area (Å²) in [6.45, 7) is 1.69. The van der Waals surface area contributed by atoms with E-state index in [9.17, 15) is 18.0 Å². The van der Waals surface area contributed by atoms with Gasteiger partial charge in [0.1, 0.15) is 6.29 Å². The van der Waals surface area contributed by atoms with Crippen molar-refractivity contribution in [1.82, 2.24) is 4.98 Å². The molecule has 116 valence electrons. The molecule has 22 heavy (non-hydrogen) atoms. The molecule has 0 radical (unpaired) electrons. The highest BCUT2D eigenvalue weighted by molar-refractivity contribution is 9.10. The highest BCUT2D eigenvalue weighted by Crippen LogP contribution is 2.37. The first kappa shape index (κ1) is 16.5. The number of alkyl halides is 3. The Hall–Kier alpha value is -1.89. The summed E-state index contributed by atoms with van der Waals surface area (Å²) in [5, 5.41) is 2.70. The van der Waals surface area contributed by atoms with Gasteiger partial charge in [0.2, 0.25) is 0 Å². The Morgan fingerprint density at radius 3 is 2.55 bits per heavy atom. The molecule has 1 unspecified atom stereocenters. The van der Waals surface area contributed by atoms with Crippen LogP contribution in [0.1, 0.15) is 24.1 Å². The van der Waals surface area contributed by atoms with Gasteiger partial charge in [-0.3, -0.25) is 4.98 Å². The minimum absolute atomic E-state index is 0.0614. The summed E-state index contributed by atoms with van der Waals surface area (Å²) in [4.78, 5) is 14.8. The molecule has 2 rings (SSSR count). The number of carbonyl (C=O) groups is 1. The zero-order valence-electron chi connectivity index (χ0n) is 11.5. The Morgan fingerprint density at radius 2 is 2.00 bits per heavy atom. The van der Waals surface area contributed by atoms with Gasteiger partial charge in [-0.25, -0.2) is 0 Å². The van der Waals surface area contributed by atoms with Crippen LogP contribution in [-0.2, 0) is 11.0 Å². The maximum Gasteiger partial charge on any atom is 0.418 e. The van der Waals surface area contributed by atoms with Gasteiger partial charge in [0, 0.05) is 4.47 Å². The molecule has 0 saturated heterocycles. The molecule has 0 aliphatic rings. The number of aldehydes is 1. The van der Waals surface area contributed by atoms with Crippen LogP contribution in [0, 0.1) is 0 Å². The lowest BCUT2D eigenvalue weighted by atomic mass is 10.1. The minimum Gasteiger partial charge on any atom is -0.354 e. The van der Waals surface area contributed by atoms with E-state index in [1.807, 2.05) is 0 Å². The number of anilines is 2. The van der Waals surface area contributed by atoms with Gasteiger partial charge in [0.15, 0.2) is 0 Å². The zero-order valence-corrected chi connectivity index (χ0v) is 13.1. The molecule has 0 bridgehead atoms. The second kappa shape index (κ2) is 6.48. The van der Waals surface area contributed by atoms with Gasteiger partial charge >= 0.3 is 6.18 Å². The normalized spacial score (nSPS) is 12.8. The van der Waals surface area contributed by atoms with Crippen LogP contribution in [0.25, 0.3) is 0 Å². The fourth-order valence-corrected chi connectivity index (χ4v) is 2.19. The first-order chi connectivity index (χ1) is 10.3. The van der Waals surface area contributed by atoms with Gasteiger partial charge in [-0.05, 0) is 30.3 Å². The van der Waals surface area contributed by atoms with Crippen molar-refractivity contribution in [3.05, 3.63) is 52.3 Å². The van der Waals surface area contributed by atoms with Gasteiger partial charge in [-0.2, -0.15) is 13.2 Å². The predicted octanol–water partition coefficient (Wildman–Crippen LogP) is 4.91. The Labute approximate surface area is 133 Å². The van der Waals surface area contributed by atoms with E-state index >= 15 is 0 Å². The van der Waals surface area contributed by atoms with Gasteiger partial charge in [-0.1, -0.05) is 22.9 Å². The lowest BCUT2D eigenvalue weighted by Crippen LogP contribution is -2.09. The van der Waals surface area contributed by atoms with Gasteiger partial charge in [0.25, 0.3) is 0 Å². The zero-order chi connectivity index (χ0) is 16.3. The number of halogens is 4. The summed E-state index contributed by atoms with van der Waals surface area (Å²) >= 11 is 3.03. The van der Waals surface area contributed by atoms with Crippen molar-refractivity contribution in [3.8, 4) is 0 Å². The van der Waals surface area contributed by atoms with Crippen molar-refractivity contribution in [2.24, 2.45) is 0 Å². The van der Waals surface area contributed by atoms with Crippen LogP contribution in [-0.4, -0.2) is 11.3 Å². The van der Waals surface area contributed by atoms with Crippen LogP contribution in [0.15, 0.2) is 41.0 Å². The molecule has 0 saturated carbocycles. The molecular formula is C15H12BrF3N2O. The van der Waals surface area contributed by atoms with Gasteiger partial charge in [-0.15, -0.1) is 0 Å².